The van der Waals surface area contributed by atoms with Crippen LogP contribution in [0.1, 0.15) is 10.6 Å². The third-order valence-electron chi connectivity index (χ3n) is 2.07. The lowest BCUT2D eigenvalue weighted by molar-refractivity contribution is 0.683. The van der Waals surface area contributed by atoms with E-state index in [1.54, 1.807) is 17.5 Å². The van der Waals surface area contributed by atoms with E-state index in [2.05, 4.69) is 21.4 Å². The molecule has 2 rings (SSSR count). The molecule has 0 aliphatic carbocycles. The molecule has 0 aliphatic heterocycles. The number of hydrogen-bond donors (Lipinski definition) is 1. The first-order valence-corrected chi connectivity index (χ1v) is 5.81. The van der Waals surface area contributed by atoms with Crippen molar-refractivity contribution < 1.29 is 0 Å². The van der Waals surface area contributed by atoms with Gasteiger partial charge >= 0.3 is 0 Å². The second-order valence-electron chi connectivity index (χ2n) is 3.21. The first-order chi connectivity index (χ1) is 7.45. The van der Waals surface area contributed by atoms with Gasteiger partial charge in [-0.1, -0.05) is 6.07 Å². The van der Waals surface area contributed by atoms with Gasteiger partial charge in [0, 0.05) is 30.5 Å². The Morgan fingerprint density at radius 1 is 1.33 bits per heavy atom. The molecule has 0 amide bonds. The summed E-state index contributed by atoms with van der Waals surface area (Å²) in [6.45, 7) is 1.82. The van der Waals surface area contributed by atoms with Crippen LogP contribution in [0.2, 0.25) is 0 Å². The molecule has 2 heterocycles. The van der Waals surface area contributed by atoms with Crippen molar-refractivity contribution in [2.24, 2.45) is 0 Å². The zero-order valence-corrected chi connectivity index (χ0v) is 9.20. The molecule has 0 saturated heterocycles. The zero-order chi connectivity index (χ0) is 10.3. The van der Waals surface area contributed by atoms with E-state index in [0.717, 1.165) is 24.5 Å². The quantitative estimate of drug-likeness (QED) is 0.780. The Balaban J connectivity index is 1.68. The lowest BCUT2D eigenvalue weighted by Gasteiger charge is -2.02. The average molecular weight is 219 g/mol. The van der Waals surface area contributed by atoms with Crippen molar-refractivity contribution in [3.63, 3.8) is 0 Å². The summed E-state index contributed by atoms with van der Waals surface area (Å²) in [7, 11) is 0. The van der Waals surface area contributed by atoms with E-state index in [1.165, 1.54) is 5.56 Å². The van der Waals surface area contributed by atoms with Crippen LogP contribution >= 0.6 is 11.3 Å². The van der Waals surface area contributed by atoms with Gasteiger partial charge in [-0.15, -0.1) is 11.3 Å². The number of hydrogen-bond acceptors (Lipinski definition) is 4. The van der Waals surface area contributed by atoms with E-state index < -0.39 is 0 Å². The molecular formula is C11H13N3S. The number of nitrogens with one attached hydrogen (secondary N) is 1. The minimum absolute atomic E-state index is 0.859. The van der Waals surface area contributed by atoms with E-state index in [9.17, 15) is 0 Å². The monoisotopic (exact) mass is 219 g/mol. The second-order valence-corrected chi connectivity index (χ2v) is 4.19. The molecule has 15 heavy (non-hydrogen) atoms. The van der Waals surface area contributed by atoms with Gasteiger partial charge < -0.3 is 5.32 Å². The van der Waals surface area contributed by atoms with E-state index in [4.69, 9.17) is 0 Å². The number of thiazole rings is 1. The molecule has 3 nitrogen and oxygen atoms in total. The van der Waals surface area contributed by atoms with Gasteiger partial charge in [-0.05, 0) is 24.6 Å². The average Bonchev–Trinajstić information content (AvgIpc) is 2.79. The van der Waals surface area contributed by atoms with Gasteiger partial charge in [0.25, 0.3) is 0 Å². The van der Waals surface area contributed by atoms with Crippen molar-refractivity contribution in [1.29, 1.82) is 0 Å². The molecule has 1 N–H and O–H groups in total. The molecular weight excluding hydrogens is 206 g/mol. The van der Waals surface area contributed by atoms with Crippen LogP contribution in [0.3, 0.4) is 0 Å². The number of nitrogens with zero attached hydrogens (tertiary/aromatic N) is 2. The second kappa shape index (κ2) is 5.58. The number of aromatic nitrogens is 2. The molecule has 0 saturated carbocycles. The van der Waals surface area contributed by atoms with Crippen LogP contribution in [0.15, 0.2) is 36.1 Å². The molecule has 78 valence electrons. The Morgan fingerprint density at radius 2 is 2.33 bits per heavy atom. The maximum Gasteiger partial charge on any atom is 0.106 e. The Kier molecular flexibility index (Phi) is 3.82. The standard InChI is InChI=1S/C11H13N3S/c1-2-10(8-12-4-1)3-5-13-9-11-14-6-7-15-11/h1-2,4,6-8,13H,3,5,9H2. The highest BCUT2D eigenvalue weighted by atomic mass is 32.1. The van der Waals surface area contributed by atoms with Crippen molar-refractivity contribution in [3.05, 3.63) is 46.7 Å². The molecule has 0 aromatic carbocycles. The van der Waals surface area contributed by atoms with Crippen LogP contribution in [0, 0.1) is 0 Å². The van der Waals surface area contributed by atoms with Gasteiger partial charge in [-0.2, -0.15) is 0 Å². The zero-order valence-electron chi connectivity index (χ0n) is 8.39. The van der Waals surface area contributed by atoms with Gasteiger partial charge in [0.2, 0.25) is 0 Å². The van der Waals surface area contributed by atoms with Gasteiger partial charge in [0.1, 0.15) is 5.01 Å². The summed E-state index contributed by atoms with van der Waals surface area (Å²) < 4.78 is 0. The fraction of sp³-hybridized carbons (Fsp3) is 0.273. The van der Waals surface area contributed by atoms with Gasteiger partial charge in [0.05, 0.1) is 0 Å². The normalized spacial score (nSPS) is 10.4. The Hall–Kier alpha value is -1.26. The summed E-state index contributed by atoms with van der Waals surface area (Å²) in [6.07, 6.45) is 6.56. The minimum atomic E-state index is 0.859. The summed E-state index contributed by atoms with van der Waals surface area (Å²) in [5.74, 6) is 0. The van der Waals surface area contributed by atoms with Crippen molar-refractivity contribution in [2.45, 2.75) is 13.0 Å². The van der Waals surface area contributed by atoms with Crippen LogP contribution in [0.4, 0.5) is 0 Å². The van der Waals surface area contributed by atoms with Crippen molar-refractivity contribution >= 4 is 11.3 Å². The van der Waals surface area contributed by atoms with Crippen molar-refractivity contribution in [1.82, 2.24) is 15.3 Å². The summed E-state index contributed by atoms with van der Waals surface area (Å²) in [4.78, 5) is 8.28. The number of rotatable bonds is 5. The van der Waals surface area contributed by atoms with E-state index >= 15 is 0 Å². The molecule has 0 aliphatic rings. The molecule has 0 spiro atoms. The fourth-order valence-electron chi connectivity index (χ4n) is 1.31. The molecule has 4 heteroatoms. The summed E-state index contributed by atoms with van der Waals surface area (Å²) >= 11 is 1.68. The third kappa shape index (κ3) is 3.42. The van der Waals surface area contributed by atoms with Crippen LogP contribution in [-0.2, 0) is 13.0 Å². The van der Waals surface area contributed by atoms with E-state index in [0.29, 0.717) is 0 Å². The van der Waals surface area contributed by atoms with Crippen LogP contribution in [0.5, 0.6) is 0 Å². The largest absolute Gasteiger partial charge is 0.310 e. The maximum atomic E-state index is 4.20. The van der Waals surface area contributed by atoms with Gasteiger partial charge in [-0.25, -0.2) is 4.98 Å². The van der Waals surface area contributed by atoms with E-state index in [-0.39, 0.29) is 0 Å². The highest BCUT2D eigenvalue weighted by Crippen LogP contribution is 2.02. The highest BCUT2D eigenvalue weighted by Gasteiger charge is 1.95. The van der Waals surface area contributed by atoms with Crippen LogP contribution in [0.25, 0.3) is 0 Å². The molecule has 0 unspecified atom stereocenters. The molecule has 0 fully saturated rings. The first-order valence-electron chi connectivity index (χ1n) is 4.93. The molecule has 2 aromatic rings. The lowest BCUT2D eigenvalue weighted by atomic mass is 10.2. The summed E-state index contributed by atoms with van der Waals surface area (Å²) in [5.41, 5.74) is 1.27. The molecule has 0 atom stereocenters. The Morgan fingerprint density at radius 3 is 3.07 bits per heavy atom. The predicted octanol–water partition coefficient (Wildman–Crippen LogP) is 1.87. The van der Waals surface area contributed by atoms with Crippen molar-refractivity contribution in [3.8, 4) is 0 Å². The van der Waals surface area contributed by atoms with Crippen LogP contribution < -0.4 is 5.32 Å². The van der Waals surface area contributed by atoms with Gasteiger partial charge in [0.15, 0.2) is 0 Å². The smallest absolute Gasteiger partial charge is 0.106 e. The molecule has 0 bridgehead atoms. The summed E-state index contributed by atoms with van der Waals surface area (Å²) in [5, 5.41) is 6.49. The lowest BCUT2D eigenvalue weighted by Crippen LogP contribution is -2.16. The molecule has 0 radical (unpaired) electrons. The fourth-order valence-corrected chi connectivity index (χ4v) is 1.90. The van der Waals surface area contributed by atoms with E-state index in [1.807, 2.05) is 23.8 Å². The molecule has 2 aromatic heterocycles. The highest BCUT2D eigenvalue weighted by molar-refractivity contribution is 7.09. The minimum Gasteiger partial charge on any atom is -0.310 e. The SMILES string of the molecule is c1cncc(CCNCc2nccs2)c1. The van der Waals surface area contributed by atoms with Crippen molar-refractivity contribution in [2.75, 3.05) is 6.54 Å². The topological polar surface area (TPSA) is 37.8 Å². The Labute approximate surface area is 93.2 Å². The van der Waals surface area contributed by atoms with Crippen LogP contribution in [-0.4, -0.2) is 16.5 Å². The number of pyridine rings is 1. The maximum absolute atomic E-state index is 4.20. The first kappa shape index (κ1) is 10.3. The Bertz CT molecular complexity index is 372. The van der Waals surface area contributed by atoms with Gasteiger partial charge in [-0.3, -0.25) is 4.98 Å². The summed E-state index contributed by atoms with van der Waals surface area (Å²) in [6, 6.07) is 4.06. The third-order valence-corrected chi connectivity index (χ3v) is 2.85. The predicted molar refractivity (Wildman–Crippen MR) is 61.8 cm³/mol.